The Morgan fingerprint density at radius 3 is 2.23 bits per heavy atom. The molecule has 0 aliphatic carbocycles. The van der Waals surface area contributed by atoms with E-state index in [1.54, 1.807) is 61.8 Å². The zero-order chi connectivity index (χ0) is 25.2. The molecule has 0 fully saturated rings. The fraction of sp³-hybridized carbons (Fsp3) is 0.167. The van der Waals surface area contributed by atoms with Gasteiger partial charge in [0.1, 0.15) is 12.1 Å². The van der Waals surface area contributed by atoms with E-state index in [2.05, 4.69) is 25.2 Å². The third-order valence-corrected chi connectivity index (χ3v) is 6.78. The first kappa shape index (κ1) is 23.9. The summed E-state index contributed by atoms with van der Waals surface area (Å²) < 4.78 is 35.8. The van der Waals surface area contributed by atoms with E-state index in [9.17, 15) is 13.2 Å². The van der Waals surface area contributed by atoms with Gasteiger partial charge < -0.3 is 10.1 Å². The maximum absolute atomic E-state index is 12.9. The SMILES string of the molecule is CC(=O)Nc1ccc(S(=O)(=O)Nc2ccc(Oc3ccc(-n4cnc(C)c4C)nn3)cc2)c(C)c1. The van der Waals surface area contributed by atoms with Crippen LogP contribution in [0.4, 0.5) is 11.4 Å². The molecular weight excluding hydrogens is 468 g/mol. The fourth-order valence-corrected chi connectivity index (χ4v) is 4.67. The van der Waals surface area contributed by atoms with Crippen molar-refractivity contribution < 1.29 is 17.9 Å². The van der Waals surface area contributed by atoms with Gasteiger partial charge >= 0.3 is 0 Å². The van der Waals surface area contributed by atoms with E-state index in [-0.39, 0.29) is 10.8 Å². The van der Waals surface area contributed by atoms with Gasteiger partial charge in [-0.3, -0.25) is 14.1 Å². The summed E-state index contributed by atoms with van der Waals surface area (Å²) in [6, 6.07) is 14.5. The number of aryl methyl sites for hydroxylation is 2. The van der Waals surface area contributed by atoms with Crippen molar-refractivity contribution in [3.8, 4) is 17.4 Å². The summed E-state index contributed by atoms with van der Waals surface area (Å²) in [5, 5.41) is 10.9. The summed E-state index contributed by atoms with van der Waals surface area (Å²) in [5.41, 5.74) is 3.30. The van der Waals surface area contributed by atoms with Gasteiger partial charge in [-0.1, -0.05) is 0 Å². The normalized spacial score (nSPS) is 11.2. The lowest BCUT2D eigenvalue weighted by Crippen LogP contribution is -2.14. The van der Waals surface area contributed by atoms with E-state index >= 15 is 0 Å². The smallest absolute Gasteiger partial charge is 0.262 e. The predicted molar refractivity (Wildman–Crippen MR) is 131 cm³/mol. The van der Waals surface area contributed by atoms with Gasteiger partial charge in [0.15, 0.2) is 5.82 Å². The molecule has 0 bridgehead atoms. The third-order valence-electron chi connectivity index (χ3n) is 5.24. The molecule has 0 unspecified atom stereocenters. The largest absolute Gasteiger partial charge is 0.438 e. The van der Waals surface area contributed by atoms with E-state index in [0.29, 0.717) is 34.4 Å². The summed E-state index contributed by atoms with van der Waals surface area (Å²) in [6.45, 7) is 6.93. The monoisotopic (exact) mass is 492 g/mol. The molecule has 4 rings (SSSR count). The Hall–Kier alpha value is -4.25. The maximum atomic E-state index is 12.9. The van der Waals surface area contributed by atoms with E-state index < -0.39 is 10.0 Å². The van der Waals surface area contributed by atoms with Crippen molar-refractivity contribution in [1.82, 2.24) is 19.7 Å². The Labute approximate surface area is 203 Å². The highest BCUT2D eigenvalue weighted by atomic mass is 32.2. The lowest BCUT2D eigenvalue weighted by atomic mass is 10.2. The molecule has 2 aromatic carbocycles. The number of sulfonamides is 1. The first-order chi connectivity index (χ1) is 16.6. The quantitative estimate of drug-likeness (QED) is 0.397. The molecule has 2 aromatic heterocycles. The maximum Gasteiger partial charge on any atom is 0.262 e. The number of nitrogens with one attached hydrogen (secondary N) is 2. The minimum atomic E-state index is -3.83. The second-order valence-corrected chi connectivity index (χ2v) is 9.56. The van der Waals surface area contributed by atoms with Crippen LogP contribution in [0.5, 0.6) is 11.6 Å². The molecule has 1 amide bonds. The number of ether oxygens (including phenoxy) is 1. The van der Waals surface area contributed by atoms with Crippen LogP contribution in [-0.4, -0.2) is 34.1 Å². The van der Waals surface area contributed by atoms with Crippen LogP contribution in [0, 0.1) is 20.8 Å². The van der Waals surface area contributed by atoms with Crippen molar-refractivity contribution in [1.29, 1.82) is 0 Å². The van der Waals surface area contributed by atoms with Gasteiger partial charge in [-0.25, -0.2) is 13.4 Å². The number of hydrogen-bond donors (Lipinski definition) is 2. The van der Waals surface area contributed by atoms with Crippen molar-refractivity contribution in [2.75, 3.05) is 10.0 Å². The topological polar surface area (TPSA) is 128 Å². The van der Waals surface area contributed by atoms with Crippen LogP contribution >= 0.6 is 0 Å². The number of hydrogen-bond acceptors (Lipinski definition) is 7. The van der Waals surface area contributed by atoms with Crippen molar-refractivity contribution in [3.63, 3.8) is 0 Å². The Morgan fingerprint density at radius 2 is 1.66 bits per heavy atom. The van der Waals surface area contributed by atoms with E-state index in [4.69, 9.17) is 4.74 Å². The van der Waals surface area contributed by atoms with Gasteiger partial charge in [0.25, 0.3) is 10.0 Å². The second kappa shape index (κ2) is 9.55. The number of benzene rings is 2. The van der Waals surface area contributed by atoms with Gasteiger partial charge in [0.2, 0.25) is 11.8 Å². The number of rotatable bonds is 7. The number of carbonyl (C=O) groups is 1. The van der Waals surface area contributed by atoms with Crippen molar-refractivity contribution in [2.24, 2.45) is 0 Å². The number of carbonyl (C=O) groups excluding carboxylic acids is 1. The van der Waals surface area contributed by atoms with Crippen LogP contribution in [0.2, 0.25) is 0 Å². The molecule has 0 saturated carbocycles. The number of aromatic nitrogens is 4. The number of nitrogens with zero attached hydrogens (tertiary/aromatic N) is 4. The third kappa shape index (κ3) is 5.46. The van der Waals surface area contributed by atoms with Crippen LogP contribution in [0.3, 0.4) is 0 Å². The van der Waals surface area contributed by atoms with Crippen LogP contribution < -0.4 is 14.8 Å². The highest BCUT2D eigenvalue weighted by molar-refractivity contribution is 7.92. The van der Waals surface area contributed by atoms with Crippen LogP contribution in [0.25, 0.3) is 5.82 Å². The van der Waals surface area contributed by atoms with Crippen LogP contribution in [0.15, 0.2) is 65.8 Å². The average molecular weight is 493 g/mol. The van der Waals surface area contributed by atoms with Crippen LogP contribution in [-0.2, 0) is 14.8 Å². The molecule has 0 aliphatic rings. The van der Waals surface area contributed by atoms with Crippen LogP contribution in [0.1, 0.15) is 23.9 Å². The molecule has 11 heteroatoms. The van der Waals surface area contributed by atoms with Gasteiger partial charge in [-0.05, 0) is 74.9 Å². The minimum absolute atomic E-state index is 0.116. The van der Waals surface area contributed by atoms with E-state index in [0.717, 1.165) is 11.4 Å². The highest BCUT2D eigenvalue weighted by Crippen LogP contribution is 2.25. The average Bonchev–Trinajstić information content (AvgIpc) is 3.13. The number of anilines is 2. The molecule has 0 atom stereocenters. The summed E-state index contributed by atoms with van der Waals surface area (Å²) in [5.74, 6) is 1.17. The summed E-state index contributed by atoms with van der Waals surface area (Å²) >= 11 is 0. The van der Waals surface area contributed by atoms with Gasteiger partial charge in [-0.2, -0.15) is 0 Å². The zero-order valence-corrected chi connectivity index (χ0v) is 20.4. The molecule has 2 N–H and O–H groups in total. The highest BCUT2D eigenvalue weighted by Gasteiger charge is 2.17. The van der Waals surface area contributed by atoms with Gasteiger partial charge in [-0.15, -0.1) is 10.2 Å². The molecule has 10 nitrogen and oxygen atoms in total. The second-order valence-electron chi connectivity index (χ2n) is 7.91. The summed E-state index contributed by atoms with van der Waals surface area (Å²) in [7, 11) is -3.83. The molecule has 180 valence electrons. The predicted octanol–water partition coefficient (Wildman–Crippen LogP) is 4.14. The zero-order valence-electron chi connectivity index (χ0n) is 19.6. The molecule has 0 aliphatic heterocycles. The lowest BCUT2D eigenvalue weighted by Gasteiger charge is -2.12. The molecular formula is C24H24N6O4S. The minimum Gasteiger partial charge on any atom is -0.438 e. The first-order valence-corrected chi connectivity index (χ1v) is 12.1. The first-order valence-electron chi connectivity index (χ1n) is 10.7. The fourth-order valence-electron chi connectivity index (χ4n) is 3.38. The van der Waals surface area contributed by atoms with Crippen molar-refractivity contribution in [3.05, 3.63) is 77.9 Å². The van der Waals surface area contributed by atoms with Crippen molar-refractivity contribution >= 4 is 27.3 Å². The Morgan fingerprint density at radius 1 is 0.943 bits per heavy atom. The summed E-state index contributed by atoms with van der Waals surface area (Å²) in [6.07, 6.45) is 1.69. The van der Waals surface area contributed by atoms with Gasteiger partial charge in [0, 0.05) is 30.1 Å². The molecule has 0 spiro atoms. The molecule has 35 heavy (non-hydrogen) atoms. The lowest BCUT2D eigenvalue weighted by molar-refractivity contribution is -0.114. The Bertz CT molecular complexity index is 1480. The van der Waals surface area contributed by atoms with Crippen molar-refractivity contribution in [2.45, 2.75) is 32.6 Å². The van der Waals surface area contributed by atoms with E-state index in [1.807, 2.05) is 18.4 Å². The summed E-state index contributed by atoms with van der Waals surface area (Å²) in [4.78, 5) is 15.6. The van der Waals surface area contributed by atoms with E-state index in [1.165, 1.54) is 13.0 Å². The molecule has 2 heterocycles. The number of imidazole rings is 1. The Kier molecular flexibility index (Phi) is 6.52. The Balaban J connectivity index is 1.43. The molecule has 0 saturated heterocycles. The molecule has 0 radical (unpaired) electrons. The standard InChI is InChI=1S/C24H24N6O4S/c1-15-13-20(26-18(4)31)7-10-22(15)35(32,33)29-19-5-8-21(9-6-19)34-24-12-11-23(27-28-24)30-14-25-16(2)17(30)3/h5-14,29H,1-4H3,(H,26,31). The number of amides is 1. The molecule has 4 aromatic rings. The van der Waals surface area contributed by atoms with Gasteiger partial charge in [0.05, 0.1) is 10.6 Å².